The molecule has 26 heavy (non-hydrogen) atoms. The summed E-state index contributed by atoms with van der Waals surface area (Å²) < 4.78 is 14.3. The predicted octanol–water partition coefficient (Wildman–Crippen LogP) is 4.98. The van der Waals surface area contributed by atoms with E-state index in [0.717, 1.165) is 36.2 Å². The second-order valence-corrected chi connectivity index (χ2v) is 7.06. The molecule has 0 unspecified atom stereocenters. The Labute approximate surface area is 154 Å². The lowest BCUT2D eigenvalue weighted by molar-refractivity contribution is 0.538. The smallest absolute Gasteiger partial charge is 0.127 e. The molecule has 134 valence electrons. The average molecular weight is 349 g/mol. The molecule has 1 aromatic carbocycles. The topological polar surface area (TPSA) is 51.3 Å². The van der Waals surface area contributed by atoms with E-state index in [-0.39, 0.29) is 5.82 Å². The zero-order valence-corrected chi connectivity index (χ0v) is 15.3. The number of aromatic nitrogens is 1. The van der Waals surface area contributed by atoms with Gasteiger partial charge in [-0.3, -0.25) is 9.98 Å². The lowest BCUT2D eigenvalue weighted by atomic mass is 9.80. The molecule has 0 atom stereocenters. The number of benzene rings is 1. The Kier molecular flexibility index (Phi) is 5.03. The highest BCUT2D eigenvalue weighted by molar-refractivity contribution is 6.04. The minimum absolute atomic E-state index is 0.229. The number of hydrogen-bond donors (Lipinski definition) is 1. The van der Waals surface area contributed by atoms with Crippen molar-refractivity contribution in [2.75, 3.05) is 0 Å². The molecule has 0 bridgehead atoms. The van der Waals surface area contributed by atoms with Crippen molar-refractivity contribution >= 4 is 11.4 Å². The SMILES string of the molecule is C=C(N=C1CCC/C1=C/N)c1cccc(C(C)(C)c2ccccc2F)n1. The van der Waals surface area contributed by atoms with Gasteiger partial charge in [-0.2, -0.15) is 0 Å². The lowest BCUT2D eigenvalue weighted by Gasteiger charge is -2.25. The van der Waals surface area contributed by atoms with E-state index in [1.54, 1.807) is 18.3 Å². The fourth-order valence-corrected chi connectivity index (χ4v) is 3.33. The van der Waals surface area contributed by atoms with Gasteiger partial charge in [-0.1, -0.05) is 44.7 Å². The van der Waals surface area contributed by atoms with Crippen LogP contribution in [0.15, 0.2) is 65.8 Å². The summed E-state index contributed by atoms with van der Waals surface area (Å²) in [5, 5.41) is 0. The summed E-state index contributed by atoms with van der Waals surface area (Å²) in [7, 11) is 0. The Balaban J connectivity index is 1.95. The molecule has 1 aliphatic rings. The molecule has 2 aromatic rings. The molecule has 1 heterocycles. The first-order valence-electron chi connectivity index (χ1n) is 8.84. The largest absolute Gasteiger partial charge is 0.404 e. The van der Waals surface area contributed by atoms with Crippen LogP contribution in [0.25, 0.3) is 5.70 Å². The standard InChI is InChI=1S/C22H24FN3/c1-15(25-20-12-6-8-16(20)14-24)19-11-7-13-21(26-19)22(2,3)17-9-4-5-10-18(17)23/h4-5,7,9-11,13-14H,1,6,8,12,24H2,2-3H3/b16-14-,25-20?. The Bertz CT molecular complexity index is 894. The minimum atomic E-state index is -0.565. The molecule has 0 amide bonds. The predicted molar refractivity (Wildman–Crippen MR) is 105 cm³/mol. The Morgan fingerprint density at radius 1 is 1.19 bits per heavy atom. The van der Waals surface area contributed by atoms with E-state index >= 15 is 0 Å². The van der Waals surface area contributed by atoms with Crippen molar-refractivity contribution in [1.82, 2.24) is 4.98 Å². The van der Waals surface area contributed by atoms with Crippen molar-refractivity contribution in [3.05, 3.63) is 83.6 Å². The van der Waals surface area contributed by atoms with Gasteiger partial charge >= 0.3 is 0 Å². The highest BCUT2D eigenvalue weighted by Crippen LogP contribution is 2.32. The molecule has 1 fully saturated rings. The summed E-state index contributed by atoms with van der Waals surface area (Å²) in [5.41, 5.74) is 9.87. The Morgan fingerprint density at radius 3 is 2.69 bits per heavy atom. The van der Waals surface area contributed by atoms with Crippen LogP contribution >= 0.6 is 0 Å². The number of hydrogen-bond acceptors (Lipinski definition) is 3. The number of pyridine rings is 1. The minimum Gasteiger partial charge on any atom is -0.404 e. The molecule has 0 aliphatic heterocycles. The second kappa shape index (κ2) is 7.24. The van der Waals surface area contributed by atoms with Gasteiger partial charge in [-0.15, -0.1) is 0 Å². The van der Waals surface area contributed by atoms with E-state index in [1.807, 2.05) is 38.1 Å². The molecular formula is C22H24FN3. The van der Waals surface area contributed by atoms with Gasteiger partial charge < -0.3 is 5.73 Å². The molecule has 3 rings (SSSR count). The monoisotopic (exact) mass is 349 g/mol. The molecule has 1 saturated carbocycles. The van der Waals surface area contributed by atoms with Gasteiger partial charge in [-0.25, -0.2) is 4.39 Å². The maximum Gasteiger partial charge on any atom is 0.127 e. The number of nitrogens with zero attached hydrogens (tertiary/aromatic N) is 2. The first-order valence-corrected chi connectivity index (χ1v) is 8.84. The van der Waals surface area contributed by atoms with E-state index < -0.39 is 5.41 Å². The van der Waals surface area contributed by atoms with Gasteiger partial charge in [0.1, 0.15) is 5.82 Å². The van der Waals surface area contributed by atoms with Crippen LogP contribution in [0.5, 0.6) is 0 Å². The van der Waals surface area contributed by atoms with Gasteiger partial charge in [0.25, 0.3) is 0 Å². The molecule has 1 aromatic heterocycles. The van der Waals surface area contributed by atoms with Gasteiger partial charge in [0.05, 0.1) is 17.1 Å². The summed E-state index contributed by atoms with van der Waals surface area (Å²) in [6.45, 7) is 8.02. The first-order chi connectivity index (χ1) is 12.4. The third kappa shape index (κ3) is 3.45. The summed E-state index contributed by atoms with van der Waals surface area (Å²) in [5.74, 6) is -0.229. The highest BCUT2D eigenvalue weighted by Gasteiger charge is 2.28. The van der Waals surface area contributed by atoms with Crippen LogP contribution in [0.1, 0.15) is 50.1 Å². The second-order valence-electron chi connectivity index (χ2n) is 7.06. The van der Waals surface area contributed by atoms with Crippen LogP contribution in [0.3, 0.4) is 0 Å². The van der Waals surface area contributed by atoms with Gasteiger partial charge in [0.2, 0.25) is 0 Å². The first kappa shape index (κ1) is 18.1. The Hall–Kier alpha value is -2.75. The quantitative estimate of drug-likeness (QED) is 0.846. The van der Waals surface area contributed by atoms with Crippen molar-refractivity contribution in [3.8, 4) is 0 Å². The number of nitrogens with two attached hydrogens (primary N) is 1. The van der Waals surface area contributed by atoms with Crippen LogP contribution in [-0.4, -0.2) is 10.7 Å². The summed E-state index contributed by atoms with van der Waals surface area (Å²) >= 11 is 0. The number of aliphatic imine (C=N–C) groups is 1. The third-order valence-electron chi connectivity index (χ3n) is 4.93. The van der Waals surface area contributed by atoms with Crippen molar-refractivity contribution in [2.24, 2.45) is 10.7 Å². The highest BCUT2D eigenvalue weighted by atomic mass is 19.1. The molecule has 1 aliphatic carbocycles. The van der Waals surface area contributed by atoms with Crippen molar-refractivity contribution in [1.29, 1.82) is 0 Å². The van der Waals surface area contributed by atoms with Crippen molar-refractivity contribution < 1.29 is 4.39 Å². The number of allylic oxidation sites excluding steroid dienone is 1. The van der Waals surface area contributed by atoms with E-state index in [2.05, 4.69) is 11.6 Å². The van der Waals surface area contributed by atoms with Gasteiger partial charge in [0, 0.05) is 11.1 Å². The maximum atomic E-state index is 14.3. The zero-order valence-electron chi connectivity index (χ0n) is 15.3. The van der Waals surface area contributed by atoms with E-state index in [9.17, 15) is 4.39 Å². The lowest BCUT2D eigenvalue weighted by Crippen LogP contribution is -2.22. The summed E-state index contributed by atoms with van der Waals surface area (Å²) in [6.07, 6.45) is 4.55. The van der Waals surface area contributed by atoms with Crippen LogP contribution in [0, 0.1) is 5.82 Å². The normalized spacial score (nSPS) is 17.8. The fourth-order valence-electron chi connectivity index (χ4n) is 3.33. The van der Waals surface area contributed by atoms with Crippen LogP contribution in [-0.2, 0) is 5.41 Å². The van der Waals surface area contributed by atoms with E-state index in [1.165, 1.54) is 6.07 Å². The number of rotatable bonds is 4. The number of halogens is 1. The molecule has 0 spiro atoms. The molecule has 2 N–H and O–H groups in total. The Morgan fingerprint density at radius 2 is 1.96 bits per heavy atom. The van der Waals surface area contributed by atoms with Gasteiger partial charge in [0.15, 0.2) is 0 Å². The van der Waals surface area contributed by atoms with E-state index in [0.29, 0.717) is 17.0 Å². The fraction of sp³-hybridized carbons (Fsp3) is 0.273. The van der Waals surface area contributed by atoms with Crippen LogP contribution < -0.4 is 5.73 Å². The molecular weight excluding hydrogens is 325 g/mol. The summed E-state index contributed by atoms with van der Waals surface area (Å²) in [4.78, 5) is 9.38. The van der Waals surface area contributed by atoms with Crippen molar-refractivity contribution in [3.63, 3.8) is 0 Å². The third-order valence-corrected chi connectivity index (χ3v) is 4.93. The molecule has 3 nitrogen and oxygen atoms in total. The molecule has 0 radical (unpaired) electrons. The summed E-state index contributed by atoms with van der Waals surface area (Å²) in [6, 6.07) is 12.5. The van der Waals surface area contributed by atoms with Crippen LogP contribution in [0.2, 0.25) is 0 Å². The molecule has 0 saturated heterocycles. The van der Waals surface area contributed by atoms with Crippen LogP contribution in [0.4, 0.5) is 4.39 Å². The maximum absolute atomic E-state index is 14.3. The average Bonchev–Trinajstić information content (AvgIpc) is 3.09. The molecule has 4 heteroatoms. The zero-order chi connectivity index (χ0) is 18.7. The van der Waals surface area contributed by atoms with Gasteiger partial charge in [-0.05, 0) is 54.8 Å². The van der Waals surface area contributed by atoms with E-state index in [4.69, 9.17) is 10.7 Å². The van der Waals surface area contributed by atoms with Crippen molar-refractivity contribution in [2.45, 2.75) is 38.5 Å².